The summed E-state index contributed by atoms with van der Waals surface area (Å²) in [7, 11) is -3.79. The maximum Gasteiger partial charge on any atom is 0.264 e. The Morgan fingerprint density at radius 2 is 1.76 bits per heavy atom. The number of benzene rings is 2. The highest BCUT2D eigenvalue weighted by Gasteiger charge is 2.18. The van der Waals surface area contributed by atoms with Crippen LogP contribution in [-0.2, 0) is 10.0 Å². The summed E-state index contributed by atoms with van der Waals surface area (Å²) in [6.07, 6.45) is 0. The van der Waals surface area contributed by atoms with Gasteiger partial charge in [-0.3, -0.25) is 9.52 Å². The molecule has 0 amide bonds. The molecule has 0 saturated carbocycles. The zero-order chi connectivity index (χ0) is 18.0. The molecule has 3 aromatic rings. The summed E-state index contributed by atoms with van der Waals surface area (Å²) >= 11 is 5.82. The molecule has 2 N–H and O–H groups in total. The molecule has 3 rings (SSSR count). The molecule has 1 aromatic heterocycles. The second-order valence-electron chi connectivity index (χ2n) is 5.40. The number of sulfonamides is 1. The van der Waals surface area contributed by atoms with Crippen molar-refractivity contribution in [3.63, 3.8) is 0 Å². The Hall–Kier alpha value is -2.64. The lowest BCUT2D eigenvalue weighted by Gasteiger charge is -2.12. The first-order valence-electron chi connectivity index (χ1n) is 7.30. The number of aromatic nitrogens is 2. The van der Waals surface area contributed by atoms with Crippen molar-refractivity contribution in [2.45, 2.75) is 11.8 Å². The van der Waals surface area contributed by atoms with Crippen molar-refractivity contribution in [1.82, 2.24) is 10.2 Å². The van der Waals surface area contributed by atoms with Gasteiger partial charge >= 0.3 is 0 Å². The summed E-state index contributed by atoms with van der Waals surface area (Å²) in [5.74, 6) is 0. The van der Waals surface area contributed by atoms with Gasteiger partial charge in [0.25, 0.3) is 15.6 Å². The van der Waals surface area contributed by atoms with E-state index in [0.717, 1.165) is 0 Å². The highest BCUT2D eigenvalue weighted by atomic mass is 35.5. The van der Waals surface area contributed by atoms with Crippen LogP contribution < -0.4 is 10.3 Å². The van der Waals surface area contributed by atoms with Crippen LogP contribution in [0.15, 0.2) is 64.3 Å². The van der Waals surface area contributed by atoms with E-state index in [1.165, 1.54) is 18.2 Å². The number of halogens is 1. The highest BCUT2D eigenvalue weighted by Crippen LogP contribution is 2.25. The van der Waals surface area contributed by atoms with Crippen LogP contribution in [0.25, 0.3) is 11.3 Å². The molecule has 2 aromatic carbocycles. The number of rotatable bonds is 4. The van der Waals surface area contributed by atoms with E-state index in [2.05, 4.69) is 14.9 Å². The first-order valence-corrected chi connectivity index (χ1v) is 9.16. The quantitative estimate of drug-likeness (QED) is 0.732. The normalized spacial score (nSPS) is 11.3. The molecule has 25 heavy (non-hydrogen) atoms. The van der Waals surface area contributed by atoms with Crippen molar-refractivity contribution >= 4 is 27.3 Å². The van der Waals surface area contributed by atoms with Gasteiger partial charge in [0.05, 0.1) is 10.6 Å². The fourth-order valence-corrected chi connectivity index (χ4v) is 3.74. The second-order valence-corrected chi connectivity index (χ2v) is 7.49. The third-order valence-corrected chi connectivity index (χ3v) is 5.32. The molecule has 0 atom stereocenters. The predicted molar refractivity (Wildman–Crippen MR) is 97.3 cm³/mol. The molecule has 0 radical (unpaired) electrons. The van der Waals surface area contributed by atoms with E-state index in [0.29, 0.717) is 27.5 Å². The van der Waals surface area contributed by atoms with Crippen molar-refractivity contribution < 1.29 is 8.42 Å². The van der Waals surface area contributed by atoms with Gasteiger partial charge in [-0.2, -0.15) is 5.10 Å². The van der Waals surface area contributed by atoms with Crippen molar-refractivity contribution in [3.05, 3.63) is 75.5 Å². The molecule has 0 saturated heterocycles. The Bertz CT molecular complexity index is 1060. The second kappa shape index (κ2) is 6.70. The van der Waals surface area contributed by atoms with Gasteiger partial charge in [-0.1, -0.05) is 23.7 Å². The molecule has 0 aliphatic carbocycles. The number of aromatic amines is 1. The molecular formula is C17H14ClN3O3S. The van der Waals surface area contributed by atoms with Crippen LogP contribution in [-0.4, -0.2) is 18.6 Å². The Balaban J connectivity index is 2.00. The summed E-state index contributed by atoms with van der Waals surface area (Å²) in [6, 6.07) is 14.2. The van der Waals surface area contributed by atoms with Crippen molar-refractivity contribution in [1.29, 1.82) is 0 Å². The Kier molecular flexibility index (Phi) is 4.61. The fraction of sp³-hybridized carbons (Fsp3) is 0.0588. The van der Waals surface area contributed by atoms with Crippen molar-refractivity contribution in [2.24, 2.45) is 0 Å². The van der Waals surface area contributed by atoms with Gasteiger partial charge in [-0.25, -0.2) is 13.5 Å². The summed E-state index contributed by atoms with van der Waals surface area (Å²) in [5, 5.41) is 6.78. The largest absolute Gasteiger partial charge is 0.280 e. The minimum absolute atomic E-state index is 0.132. The molecule has 0 aliphatic heterocycles. The van der Waals surface area contributed by atoms with Crippen molar-refractivity contribution in [3.8, 4) is 11.3 Å². The van der Waals surface area contributed by atoms with Crippen molar-refractivity contribution in [2.75, 3.05) is 4.72 Å². The molecule has 0 aliphatic rings. The summed E-state index contributed by atoms with van der Waals surface area (Å²) in [6.45, 7) is 1.71. The number of anilines is 1. The van der Waals surface area contributed by atoms with Gasteiger partial charge in [0, 0.05) is 22.3 Å². The highest BCUT2D eigenvalue weighted by molar-refractivity contribution is 7.92. The zero-order valence-electron chi connectivity index (χ0n) is 13.2. The average Bonchev–Trinajstić information content (AvgIpc) is 2.58. The topological polar surface area (TPSA) is 91.9 Å². The summed E-state index contributed by atoms with van der Waals surface area (Å²) < 4.78 is 28.0. The molecule has 128 valence electrons. The number of hydrogen-bond donors (Lipinski definition) is 2. The summed E-state index contributed by atoms with van der Waals surface area (Å²) in [5.41, 5.74) is 1.74. The first kappa shape index (κ1) is 17.2. The Morgan fingerprint density at radius 1 is 1.04 bits per heavy atom. The van der Waals surface area contributed by atoms with Crippen LogP contribution in [0.3, 0.4) is 0 Å². The van der Waals surface area contributed by atoms with E-state index in [1.54, 1.807) is 43.3 Å². The number of H-pyrrole nitrogens is 1. The van der Waals surface area contributed by atoms with Crippen LogP contribution >= 0.6 is 11.6 Å². The minimum Gasteiger partial charge on any atom is -0.280 e. The number of aryl methyl sites for hydroxylation is 1. The minimum atomic E-state index is -3.79. The Morgan fingerprint density at radius 3 is 2.40 bits per heavy atom. The Labute approximate surface area is 149 Å². The lowest BCUT2D eigenvalue weighted by molar-refractivity contribution is 0.600. The van der Waals surface area contributed by atoms with E-state index < -0.39 is 10.0 Å². The lowest BCUT2D eigenvalue weighted by Crippen LogP contribution is -2.14. The van der Waals surface area contributed by atoms with E-state index in [9.17, 15) is 13.2 Å². The number of nitrogens with zero attached hydrogens (tertiary/aromatic N) is 1. The smallest absolute Gasteiger partial charge is 0.264 e. The maximum atomic E-state index is 12.7. The molecule has 8 heteroatoms. The molecule has 0 fully saturated rings. The lowest BCUT2D eigenvalue weighted by atomic mass is 10.1. The number of hydrogen-bond acceptors (Lipinski definition) is 4. The first-order chi connectivity index (χ1) is 11.8. The molecule has 1 heterocycles. The molecule has 6 nitrogen and oxygen atoms in total. The standard InChI is InChI=1S/C17H14ClN3O3S/c1-11-2-3-12(15-8-9-17(22)20-19-15)10-16(11)25(23,24)21-14-6-4-13(18)5-7-14/h2-10,21H,1H3,(H,20,22). The molecular weight excluding hydrogens is 362 g/mol. The average molecular weight is 376 g/mol. The SMILES string of the molecule is Cc1ccc(-c2ccc(=O)[nH]n2)cc1S(=O)(=O)Nc1ccc(Cl)cc1. The third kappa shape index (κ3) is 3.89. The van der Waals surface area contributed by atoms with E-state index in [1.807, 2.05) is 0 Å². The van der Waals surface area contributed by atoms with Crippen LogP contribution in [0.2, 0.25) is 5.02 Å². The van der Waals surface area contributed by atoms with Crippen LogP contribution in [0.5, 0.6) is 0 Å². The monoisotopic (exact) mass is 375 g/mol. The van der Waals surface area contributed by atoms with Gasteiger partial charge in [0.2, 0.25) is 0 Å². The van der Waals surface area contributed by atoms with Gasteiger partial charge in [0.1, 0.15) is 0 Å². The molecule has 0 bridgehead atoms. The van der Waals surface area contributed by atoms with E-state index in [4.69, 9.17) is 11.6 Å². The predicted octanol–water partition coefficient (Wildman–Crippen LogP) is 3.20. The summed E-state index contributed by atoms with van der Waals surface area (Å²) in [4.78, 5) is 11.3. The molecule has 0 unspecified atom stereocenters. The van der Waals surface area contributed by atoms with Gasteiger partial charge < -0.3 is 0 Å². The van der Waals surface area contributed by atoms with Gasteiger partial charge in [0.15, 0.2) is 0 Å². The van der Waals surface area contributed by atoms with Gasteiger partial charge in [-0.05, 0) is 48.9 Å². The van der Waals surface area contributed by atoms with E-state index >= 15 is 0 Å². The van der Waals surface area contributed by atoms with Crippen LogP contribution in [0.4, 0.5) is 5.69 Å². The number of nitrogens with one attached hydrogen (secondary N) is 2. The zero-order valence-corrected chi connectivity index (χ0v) is 14.7. The van der Waals surface area contributed by atoms with Crippen LogP contribution in [0.1, 0.15) is 5.56 Å². The van der Waals surface area contributed by atoms with Gasteiger partial charge in [-0.15, -0.1) is 0 Å². The maximum absolute atomic E-state index is 12.7. The third-order valence-electron chi connectivity index (χ3n) is 3.55. The van der Waals surface area contributed by atoms with E-state index in [-0.39, 0.29) is 10.5 Å². The molecule has 0 spiro atoms. The fourth-order valence-electron chi connectivity index (χ4n) is 2.28. The van der Waals surface area contributed by atoms with Crippen LogP contribution in [0, 0.1) is 6.92 Å².